The smallest absolute Gasteiger partial charge is 0.0591 e. The Labute approximate surface area is 87.3 Å². The number of thiophene rings is 1. The van der Waals surface area contributed by atoms with Crippen LogP contribution in [0.1, 0.15) is 29.7 Å². The van der Waals surface area contributed by atoms with Gasteiger partial charge in [-0.2, -0.15) is 0 Å². The molecule has 2 aliphatic rings. The molecule has 1 aromatic rings. The van der Waals surface area contributed by atoms with Crippen molar-refractivity contribution in [2.24, 2.45) is 5.73 Å². The first-order chi connectivity index (χ1) is 5.25. The third-order valence-electron chi connectivity index (χ3n) is 2.30. The molecule has 0 amide bonds. The first-order valence-corrected chi connectivity index (χ1v) is 5.03. The van der Waals surface area contributed by atoms with E-state index in [-0.39, 0.29) is 18.4 Å². The third kappa shape index (κ3) is 1.18. The maximum absolute atomic E-state index is 5.94. The van der Waals surface area contributed by atoms with Crippen molar-refractivity contribution < 1.29 is 0 Å². The molecule has 0 aromatic carbocycles. The number of hydrogen-bond acceptors (Lipinski definition) is 2. The Balaban J connectivity index is 0.000000720. The second kappa shape index (κ2) is 3.54. The van der Waals surface area contributed by atoms with Crippen LogP contribution in [0.4, 0.5) is 0 Å². The molecule has 4 heteroatoms. The monoisotopic (exact) mass is 223 g/mol. The van der Waals surface area contributed by atoms with Gasteiger partial charge >= 0.3 is 0 Å². The molecule has 1 aliphatic heterocycles. The van der Waals surface area contributed by atoms with E-state index in [4.69, 9.17) is 17.3 Å². The summed E-state index contributed by atoms with van der Waals surface area (Å²) in [6, 6.07) is 0.272. The summed E-state index contributed by atoms with van der Waals surface area (Å²) < 4.78 is 0. The van der Waals surface area contributed by atoms with E-state index in [0.29, 0.717) is 5.92 Å². The molecule has 1 aromatic heterocycles. The summed E-state index contributed by atoms with van der Waals surface area (Å²) >= 11 is 7.68. The number of hydrogen-bond donors (Lipinski definition) is 1. The largest absolute Gasteiger partial charge is 0.327 e. The van der Waals surface area contributed by atoms with Crippen LogP contribution in [0.2, 0.25) is 5.02 Å². The third-order valence-corrected chi connectivity index (χ3v) is 3.92. The lowest BCUT2D eigenvalue weighted by Crippen LogP contribution is -2.30. The number of nitrogens with two attached hydrogens (primary N) is 1. The molecular weight excluding hydrogens is 213 g/mol. The standard InChI is InChI=1S/C8H10ClNS.ClH/c1-2-5(10)6-4-3-11-8(6)7(4)9;/h3,5-6H,2,10H2,1H3;1H. The zero-order chi connectivity index (χ0) is 8.01. The number of rotatable bonds is 2. The summed E-state index contributed by atoms with van der Waals surface area (Å²) in [5, 5.41) is 3.08. The van der Waals surface area contributed by atoms with Crippen LogP contribution in [-0.4, -0.2) is 6.04 Å². The Morgan fingerprint density at radius 2 is 2.42 bits per heavy atom. The molecule has 0 fully saturated rings. The van der Waals surface area contributed by atoms with Gasteiger partial charge in [0.05, 0.1) is 5.02 Å². The van der Waals surface area contributed by atoms with E-state index in [1.54, 1.807) is 11.3 Å². The second-order valence-corrected chi connectivity index (χ2v) is 4.21. The molecule has 2 bridgehead atoms. The first-order valence-electron chi connectivity index (χ1n) is 3.78. The van der Waals surface area contributed by atoms with E-state index >= 15 is 0 Å². The van der Waals surface area contributed by atoms with Crippen LogP contribution < -0.4 is 5.73 Å². The zero-order valence-electron chi connectivity index (χ0n) is 6.71. The Hall–Kier alpha value is 0.240. The average Bonchev–Trinajstić information content (AvgIpc) is 2.59. The quantitative estimate of drug-likeness (QED) is 0.820. The fraction of sp³-hybridized carbons (Fsp3) is 0.500. The molecule has 2 N–H and O–H groups in total. The molecule has 2 heterocycles. The molecular formula is C8H11Cl2NS. The van der Waals surface area contributed by atoms with Crippen molar-refractivity contribution >= 4 is 35.3 Å². The van der Waals surface area contributed by atoms with E-state index in [1.807, 2.05) is 0 Å². The highest BCUT2D eigenvalue weighted by Crippen LogP contribution is 2.51. The predicted molar refractivity (Wildman–Crippen MR) is 56.7 cm³/mol. The van der Waals surface area contributed by atoms with Gasteiger partial charge in [0.25, 0.3) is 0 Å². The van der Waals surface area contributed by atoms with Crippen molar-refractivity contribution in [2.45, 2.75) is 25.3 Å². The molecule has 0 saturated heterocycles. The molecule has 3 rings (SSSR count). The van der Waals surface area contributed by atoms with E-state index in [2.05, 4.69) is 12.3 Å². The van der Waals surface area contributed by atoms with Crippen LogP contribution in [0.25, 0.3) is 0 Å². The van der Waals surface area contributed by atoms with Gasteiger partial charge in [0, 0.05) is 16.8 Å². The van der Waals surface area contributed by atoms with Crippen molar-refractivity contribution in [1.29, 1.82) is 0 Å². The van der Waals surface area contributed by atoms with Crippen molar-refractivity contribution in [3.8, 4) is 0 Å². The Morgan fingerprint density at radius 1 is 1.75 bits per heavy atom. The number of fused-ring (bicyclic) bond motifs is 1. The predicted octanol–water partition coefficient (Wildman–Crippen LogP) is 3.01. The Morgan fingerprint density at radius 3 is 2.75 bits per heavy atom. The van der Waals surface area contributed by atoms with Gasteiger partial charge in [0.15, 0.2) is 0 Å². The van der Waals surface area contributed by atoms with E-state index < -0.39 is 0 Å². The molecule has 0 radical (unpaired) electrons. The summed E-state index contributed by atoms with van der Waals surface area (Å²) in [7, 11) is 0. The van der Waals surface area contributed by atoms with Gasteiger partial charge < -0.3 is 5.73 Å². The maximum atomic E-state index is 5.94. The minimum absolute atomic E-state index is 0. The summed E-state index contributed by atoms with van der Waals surface area (Å²) in [5.41, 5.74) is 7.18. The lowest BCUT2D eigenvalue weighted by atomic mass is 9.83. The lowest BCUT2D eigenvalue weighted by molar-refractivity contribution is 0.569. The fourth-order valence-electron chi connectivity index (χ4n) is 1.52. The van der Waals surface area contributed by atoms with Crippen LogP contribution >= 0.6 is 35.3 Å². The highest BCUT2D eigenvalue weighted by molar-refractivity contribution is 7.11. The normalized spacial score (nSPS) is 21.1. The van der Waals surface area contributed by atoms with Crippen molar-refractivity contribution in [3.63, 3.8) is 0 Å². The Kier molecular flexibility index (Phi) is 3.05. The van der Waals surface area contributed by atoms with Crippen LogP contribution in [-0.2, 0) is 0 Å². The Bertz CT molecular complexity index is 263. The summed E-state index contributed by atoms with van der Waals surface area (Å²) in [6.07, 6.45) is 1.02. The molecule has 2 unspecified atom stereocenters. The van der Waals surface area contributed by atoms with Crippen molar-refractivity contribution in [2.75, 3.05) is 0 Å². The first kappa shape index (κ1) is 10.3. The molecule has 1 aliphatic carbocycles. The summed E-state index contributed by atoms with van der Waals surface area (Å²) in [6.45, 7) is 2.11. The molecule has 12 heavy (non-hydrogen) atoms. The van der Waals surface area contributed by atoms with Crippen LogP contribution in [0.3, 0.4) is 0 Å². The molecule has 68 valence electrons. The van der Waals surface area contributed by atoms with Crippen LogP contribution in [0.5, 0.6) is 0 Å². The molecule has 2 atom stereocenters. The van der Waals surface area contributed by atoms with Gasteiger partial charge in [-0.1, -0.05) is 18.5 Å². The number of halogens is 2. The highest BCUT2D eigenvalue weighted by atomic mass is 35.5. The zero-order valence-corrected chi connectivity index (χ0v) is 9.10. The van der Waals surface area contributed by atoms with Gasteiger partial charge in [-0.15, -0.1) is 23.7 Å². The fourth-order valence-corrected chi connectivity index (χ4v) is 3.19. The van der Waals surface area contributed by atoms with Gasteiger partial charge in [-0.25, -0.2) is 0 Å². The minimum Gasteiger partial charge on any atom is -0.327 e. The second-order valence-electron chi connectivity index (χ2n) is 2.92. The highest BCUT2D eigenvalue weighted by Gasteiger charge is 2.36. The molecule has 0 spiro atoms. The van der Waals surface area contributed by atoms with Crippen LogP contribution in [0, 0.1) is 0 Å². The SMILES string of the molecule is CCC(N)C1c2csc1c2Cl.Cl. The van der Waals surface area contributed by atoms with E-state index in [0.717, 1.165) is 11.4 Å². The minimum atomic E-state index is 0. The van der Waals surface area contributed by atoms with Gasteiger partial charge in [-0.3, -0.25) is 0 Å². The van der Waals surface area contributed by atoms with E-state index in [1.165, 1.54) is 10.4 Å². The van der Waals surface area contributed by atoms with Gasteiger partial charge in [-0.05, 0) is 17.4 Å². The average molecular weight is 224 g/mol. The lowest BCUT2D eigenvalue weighted by Gasteiger charge is -2.27. The summed E-state index contributed by atoms with van der Waals surface area (Å²) in [5.74, 6) is 0.470. The van der Waals surface area contributed by atoms with Crippen molar-refractivity contribution in [3.05, 3.63) is 20.8 Å². The van der Waals surface area contributed by atoms with Crippen LogP contribution in [0.15, 0.2) is 5.38 Å². The summed E-state index contributed by atoms with van der Waals surface area (Å²) in [4.78, 5) is 1.29. The maximum Gasteiger partial charge on any atom is 0.0591 e. The topological polar surface area (TPSA) is 26.0 Å². The molecule has 1 nitrogen and oxygen atoms in total. The van der Waals surface area contributed by atoms with Gasteiger partial charge in [0.1, 0.15) is 0 Å². The van der Waals surface area contributed by atoms with Crippen molar-refractivity contribution in [1.82, 2.24) is 0 Å². The molecule has 0 saturated carbocycles. The van der Waals surface area contributed by atoms with E-state index in [9.17, 15) is 0 Å². The van der Waals surface area contributed by atoms with Gasteiger partial charge in [0.2, 0.25) is 0 Å².